The monoisotopic (exact) mass is 473 g/mol. The second-order valence-corrected chi connectivity index (χ2v) is 8.79. The first-order chi connectivity index (χ1) is 17.1. The van der Waals surface area contributed by atoms with E-state index in [-0.39, 0.29) is 17.8 Å². The number of amides is 1. The number of fused-ring (bicyclic) bond motifs is 4. The highest BCUT2D eigenvalue weighted by molar-refractivity contribution is 5.88. The van der Waals surface area contributed by atoms with Crippen molar-refractivity contribution >= 4 is 16.8 Å². The van der Waals surface area contributed by atoms with Gasteiger partial charge in [0.2, 0.25) is 12.7 Å². The van der Waals surface area contributed by atoms with Crippen LogP contribution in [0.25, 0.3) is 10.9 Å². The van der Waals surface area contributed by atoms with Crippen LogP contribution in [0.3, 0.4) is 0 Å². The highest BCUT2D eigenvalue weighted by Gasteiger charge is 2.26. The van der Waals surface area contributed by atoms with Crippen molar-refractivity contribution < 1.29 is 18.7 Å². The Morgan fingerprint density at radius 1 is 1.06 bits per heavy atom. The Balaban J connectivity index is 0.000000211. The Hall–Kier alpha value is -3.84. The Morgan fingerprint density at radius 2 is 1.86 bits per heavy atom. The normalized spacial score (nSPS) is 15.8. The molecule has 3 N–H and O–H groups in total. The highest BCUT2D eigenvalue weighted by atomic mass is 19.1. The average Bonchev–Trinajstić information content (AvgIpc) is 3.49. The van der Waals surface area contributed by atoms with Gasteiger partial charge in [-0.05, 0) is 66.8 Å². The fourth-order valence-electron chi connectivity index (χ4n) is 4.43. The Bertz CT molecular complexity index is 1330. The third-order valence-electron chi connectivity index (χ3n) is 6.31. The molecule has 7 heteroatoms. The number of aromatic nitrogens is 1. The van der Waals surface area contributed by atoms with Gasteiger partial charge in [-0.25, -0.2) is 4.39 Å². The Kier molecular flexibility index (Phi) is 6.68. The van der Waals surface area contributed by atoms with Gasteiger partial charge >= 0.3 is 0 Å². The predicted molar refractivity (Wildman–Crippen MR) is 133 cm³/mol. The molecule has 0 saturated heterocycles. The topological polar surface area (TPSA) is 75.4 Å². The van der Waals surface area contributed by atoms with Gasteiger partial charge in [0.1, 0.15) is 5.82 Å². The second kappa shape index (κ2) is 10.2. The van der Waals surface area contributed by atoms with Gasteiger partial charge in [0, 0.05) is 29.7 Å². The fourth-order valence-corrected chi connectivity index (χ4v) is 4.43. The number of nitrogens with one attached hydrogen (secondary N) is 3. The number of H-pyrrole nitrogens is 1. The predicted octanol–water partition coefficient (Wildman–Crippen LogP) is 4.40. The minimum Gasteiger partial charge on any atom is -0.454 e. The maximum absolute atomic E-state index is 12.9. The number of aromatic amines is 1. The summed E-state index contributed by atoms with van der Waals surface area (Å²) in [6, 6.07) is 20.3. The largest absolute Gasteiger partial charge is 0.454 e. The summed E-state index contributed by atoms with van der Waals surface area (Å²) in [5.74, 6) is 1.48. The van der Waals surface area contributed by atoms with Gasteiger partial charge in [0.05, 0.1) is 6.04 Å². The number of para-hydroxylation sites is 1. The first-order valence-corrected chi connectivity index (χ1v) is 11.8. The third kappa shape index (κ3) is 5.30. The van der Waals surface area contributed by atoms with E-state index < -0.39 is 0 Å². The number of benzene rings is 3. The first kappa shape index (κ1) is 22.9. The summed E-state index contributed by atoms with van der Waals surface area (Å²) in [6.07, 6.45) is 1.37. The summed E-state index contributed by atoms with van der Waals surface area (Å²) in [5, 5.41) is 7.48. The quantitative estimate of drug-likeness (QED) is 0.411. The lowest BCUT2D eigenvalue weighted by molar-refractivity contribution is -0.123. The first-order valence-electron chi connectivity index (χ1n) is 11.8. The Labute approximate surface area is 203 Å². The number of carbonyl (C=O) groups excluding carboxylic acids is 1. The number of halogens is 1. The molecule has 0 spiro atoms. The lowest BCUT2D eigenvalue weighted by Gasteiger charge is -2.23. The number of ether oxygens (including phenoxy) is 2. The highest BCUT2D eigenvalue weighted by Crippen LogP contribution is 2.32. The van der Waals surface area contributed by atoms with E-state index in [4.69, 9.17) is 9.47 Å². The van der Waals surface area contributed by atoms with Crippen molar-refractivity contribution in [1.82, 2.24) is 15.6 Å². The molecule has 180 valence electrons. The molecule has 2 aliphatic heterocycles. The summed E-state index contributed by atoms with van der Waals surface area (Å²) in [7, 11) is 0. The standard InChI is InChI=1S/C20H20FN3O.C8H8O2/c21-14-7-5-13(6-8-14)9-10-22-20(25)18-11-16-15-3-1-2-4-17(15)24-19(16)12-23-18;1-6-2-3-7-8(4-6)10-5-9-7/h1-8,18,23-24H,9-12H2,(H,22,25);2-4H,5H2,1H3/t18-;/m0./s1. The molecule has 1 atom stereocenters. The van der Waals surface area contributed by atoms with Crippen LogP contribution in [-0.4, -0.2) is 30.3 Å². The molecule has 0 fully saturated rings. The van der Waals surface area contributed by atoms with Gasteiger partial charge in [0.25, 0.3) is 0 Å². The van der Waals surface area contributed by atoms with Gasteiger partial charge in [-0.1, -0.05) is 36.4 Å². The van der Waals surface area contributed by atoms with Crippen LogP contribution in [0.1, 0.15) is 22.4 Å². The molecule has 35 heavy (non-hydrogen) atoms. The summed E-state index contributed by atoms with van der Waals surface area (Å²) in [4.78, 5) is 15.9. The lowest BCUT2D eigenvalue weighted by Crippen LogP contribution is -2.48. The molecule has 0 radical (unpaired) electrons. The molecule has 3 aromatic carbocycles. The third-order valence-corrected chi connectivity index (χ3v) is 6.31. The molecule has 3 heterocycles. The van der Waals surface area contributed by atoms with Gasteiger partial charge in [-0.3, -0.25) is 10.1 Å². The van der Waals surface area contributed by atoms with Crippen LogP contribution in [0.2, 0.25) is 0 Å². The minimum absolute atomic E-state index is 0.0121. The molecule has 1 amide bonds. The summed E-state index contributed by atoms with van der Waals surface area (Å²) >= 11 is 0. The molecule has 6 nitrogen and oxygen atoms in total. The lowest BCUT2D eigenvalue weighted by atomic mass is 9.98. The van der Waals surface area contributed by atoms with Crippen molar-refractivity contribution in [3.8, 4) is 11.5 Å². The van der Waals surface area contributed by atoms with E-state index in [9.17, 15) is 9.18 Å². The molecular weight excluding hydrogens is 445 g/mol. The summed E-state index contributed by atoms with van der Waals surface area (Å²) in [5.41, 5.74) is 5.72. The van der Waals surface area contributed by atoms with Gasteiger partial charge in [-0.2, -0.15) is 0 Å². The van der Waals surface area contributed by atoms with Crippen LogP contribution in [0.15, 0.2) is 66.7 Å². The number of hydrogen-bond acceptors (Lipinski definition) is 4. The minimum atomic E-state index is -0.242. The number of aryl methyl sites for hydroxylation is 1. The van der Waals surface area contributed by atoms with E-state index in [1.54, 1.807) is 12.1 Å². The van der Waals surface area contributed by atoms with Crippen LogP contribution in [0.5, 0.6) is 11.5 Å². The smallest absolute Gasteiger partial charge is 0.237 e. The molecular formula is C28H28FN3O3. The van der Waals surface area contributed by atoms with Crippen molar-refractivity contribution in [3.63, 3.8) is 0 Å². The van der Waals surface area contributed by atoms with E-state index in [1.165, 1.54) is 28.6 Å². The van der Waals surface area contributed by atoms with E-state index in [2.05, 4.69) is 27.8 Å². The van der Waals surface area contributed by atoms with Crippen LogP contribution < -0.4 is 20.1 Å². The number of hydrogen-bond donors (Lipinski definition) is 3. The fraction of sp³-hybridized carbons (Fsp3) is 0.250. The van der Waals surface area contributed by atoms with E-state index in [1.807, 2.05) is 37.3 Å². The SMILES string of the molecule is Cc1ccc2c(c1)OCO2.O=C(NCCc1ccc(F)cc1)[C@@H]1Cc2c([nH]c3ccccc23)CN1. The molecule has 0 unspecified atom stereocenters. The zero-order valence-corrected chi connectivity index (χ0v) is 19.6. The number of carbonyl (C=O) groups is 1. The molecule has 0 bridgehead atoms. The van der Waals surface area contributed by atoms with Gasteiger partial charge in [0.15, 0.2) is 11.5 Å². The molecule has 0 aliphatic carbocycles. The van der Waals surface area contributed by atoms with Crippen molar-refractivity contribution in [2.45, 2.75) is 32.4 Å². The van der Waals surface area contributed by atoms with E-state index in [0.29, 0.717) is 32.7 Å². The average molecular weight is 474 g/mol. The Morgan fingerprint density at radius 3 is 2.71 bits per heavy atom. The molecule has 0 saturated carbocycles. The van der Waals surface area contributed by atoms with Gasteiger partial charge in [-0.15, -0.1) is 0 Å². The van der Waals surface area contributed by atoms with E-state index >= 15 is 0 Å². The zero-order valence-electron chi connectivity index (χ0n) is 19.6. The van der Waals surface area contributed by atoms with E-state index in [0.717, 1.165) is 28.3 Å². The summed E-state index contributed by atoms with van der Waals surface area (Å²) in [6.45, 7) is 3.60. The maximum atomic E-state index is 12.9. The molecule has 6 rings (SSSR count). The second-order valence-electron chi connectivity index (χ2n) is 8.79. The molecule has 4 aromatic rings. The maximum Gasteiger partial charge on any atom is 0.237 e. The number of rotatable bonds is 4. The van der Waals surface area contributed by atoms with Crippen molar-refractivity contribution in [2.75, 3.05) is 13.3 Å². The summed E-state index contributed by atoms with van der Waals surface area (Å²) < 4.78 is 23.2. The van der Waals surface area contributed by atoms with Crippen molar-refractivity contribution in [2.24, 2.45) is 0 Å². The van der Waals surface area contributed by atoms with Crippen LogP contribution in [-0.2, 0) is 24.2 Å². The van der Waals surface area contributed by atoms with Crippen LogP contribution >= 0.6 is 0 Å². The van der Waals surface area contributed by atoms with Gasteiger partial charge < -0.3 is 19.8 Å². The van der Waals surface area contributed by atoms with Crippen LogP contribution in [0, 0.1) is 12.7 Å². The zero-order chi connectivity index (χ0) is 24.2. The molecule has 1 aromatic heterocycles. The van der Waals surface area contributed by atoms with Crippen molar-refractivity contribution in [3.05, 3.63) is 94.9 Å². The van der Waals surface area contributed by atoms with Crippen molar-refractivity contribution in [1.29, 1.82) is 0 Å². The van der Waals surface area contributed by atoms with Crippen LogP contribution in [0.4, 0.5) is 4.39 Å². The molecule has 2 aliphatic rings.